The van der Waals surface area contributed by atoms with Crippen LogP contribution in [0.3, 0.4) is 0 Å². The van der Waals surface area contributed by atoms with Crippen molar-refractivity contribution in [1.29, 1.82) is 0 Å². The summed E-state index contributed by atoms with van der Waals surface area (Å²) in [7, 11) is 1.99. The molecule has 0 unspecified atom stereocenters. The van der Waals surface area contributed by atoms with E-state index in [1.807, 2.05) is 31.3 Å². The first-order valence-corrected chi connectivity index (χ1v) is 7.89. The number of hydrogen-bond acceptors (Lipinski definition) is 2. The van der Waals surface area contributed by atoms with Gasteiger partial charge in [0.2, 0.25) is 5.91 Å². The van der Waals surface area contributed by atoms with E-state index in [-0.39, 0.29) is 11.3 Å². The molecule has 3 rings (SSSR count). The van der Waals surface area contributed by atoms with E-state index in [9.17, 15) is 4.79 Å². The molecule has 0 saturated heterocycles. The van der Waals surface area contributed by atoms with Gasteiger partial charge in [0.15, 0.2) is 0 Å². The van der Waals surface area contributed by atoms with Gasteiger partial charge in [-0.05, 0) is 29.8 Å². The van der Waals surface area contributed by atoms with Crippen LogP contribution in [0.1, 0.15) is 19.4 Å². The highest BCUT2D eigenvalue weighted by molar-refractivity contribution is 6.30. The maximum absolute atomic E-state index is 12.4. The quantitative estimate of drug-likeness (QED) is 0.819. The highest BCUT2D eigenvalue weighted by Gasteiger charge is 2.38. The Morgan fingerprint density at radius 2 is 1.91 bits per heavy atom. The summed E-state index contributed by atoms with van der Waals surface area (Å²) in [5.74, 6) is -0.157. The van der Waals surface area contributed by atoms with Crippen molar-refractivity contribution < 1.29 is 4.79 Å². The minimum atomic E-state index is -0.211. The normalized spacial score (nSPS) is 17.2. The van der Waals surface area contributed by atoms with Crippen LogP contribution in [0.15, 0.2) is 60.3 Å². The minimum Gasteiger partial charge on any atom is -0.347 e. The molecule has 3 nitrogen and oxygen atoms in total. The van der Waals surface area contributed by atoms with Gasteiger partial charge in [-0.1, -0.05) is 49.7 Å². The third-order valence-corrected chi connectivity index (χ3v) is 4.54. The number of nitrogens with zero attached hydrogens (tertiary/aromatic N) is 1. The van der Waals surface area contributed by atoms with Gasteiger partial charge in [-0.15, -0.1) is 0 Å². The number of halogens is 1. The molecule has 118 valence electrons. The second-order valence-electron chi connectivity index (χ2n) is 6.23. The van der Waals surface area contributed by atoms with Crippen LogP contribution in [-0.4, -0.2) is 13.0 Å². The molecule has 1 aliphatic rings. The second-order valence-corrected chi connectivity index (χ2v) is 6.67. The highest BCUT2D eigenvalue weighted by Crippen LogP contribution is 2.46. The molecule has 0 radical (unpaired) electrons. The Kier molecular flexibility index (Phi) is 3.90. The van der Waals surface area contributed by atoms with Crippen LogP contribution in [0.2, 0.25) is 5.02 Å². The molecule has 0 atom stereocenters. The van der Waals surface area contributed by atoms with Gasteiger partial charge < -0.3 is 10.2 Å². The number of fused-ring (bicyclic) bond motifs is 1. The molecule has 1 amide bonds. The topological polar surface area (TPSA) is 32.3 Å². The number of likely N-dealkylation sites (N-methyl/N-ethyl adjacent to an activating group) is 1. The van der Waals surface area contributed by atoms with Crippen LogP contribution < -0.4 is 10.2 Å². The molecular weight excluding hydrogens is 308 g/mol. The smallest absolute Gasteiger partial charge is 0.250 e. The van der Waals surface area contributed by atoms with Gasteiger partial charge in [0, 0.05) is 40.6 Å². The molecule has 2 aromatic rings. The molecule has 2 aromatic carbocycles. The molecule has 4 heteroatoms. The summed E-state index contributed by atoms with van der Waals surface area (Å²) in [4.78, 5) is 14.5. The summed E-state index contributed by atoms with van der Waals surface area (Å²) in [6.45, 7) is 4.27. The van der Waals surface area contributed by atoms with Gasteiger partial charge in [-0.25, -0.2) is 0 Å². The number of carbonyl (C=O) groups is 1. The van der Waals surface area contributed by atoms with Gasteiger partial charge in [-0.3, -0.25) is 4.79 Å². The number of nitrogens with one attached hydrogen (secondary N) is 1. The van der Waals surface area contributed by atoms with E-state index >= 15 is 0 Å². The van der Waals surface area contributed by atoms with Crippen molar-refractivity contribution >= 4 is 28.9 Å². The molecule has 0 bridgehead atoms. The maximum Gasteiger partial charge on any atom is 0.250 e. The average Bonchev–Trinajstić information content (AvgIpc) is 2.69. The zero-order valence-corrected chi connectivity index (χ0v) is 14.2. The Hall–Kier alpha value is -2.26. The highest BCUT2D eigenvalue weighted by atomic mass is 35.5. The van der Waals surface area contributed by atoms with E-state index in [0.717, 1.165) is 11.4 Å². The molecule has 1 N–H and O–H groups in total. The zero-order valence-electron chi connectivity index (χ0n) is 13.4. The molecule has 1 heterocycles. The fourth-order valence-electron chi connectivity index (χ4n) is 3.13. The third-order valence-electron chi connectivity index (χ3n) is 4.30. The number of allylic oxidation sites excluding steroid dienone is 1. The number of para-hydroxylation sites is 1. The SMILES string of the molecule is CN1C(=CC(=O)Nc2cccc(Cl)c2)C(C)(C)c2ccccc21. The van der Waals surface area contributed by atoms with E-state index in [0.29, 0.717) is 10.7 Å². The first kappa shape index (κ1) is 15.6. The van der Waals surface area contributed by atoms with E-state index in [1.165, 1.54) is 5.56 Å². The van der Waals surface area contributed by atoms with Crippen LogP contribution in [0, 0.1) is 0 Å². The Morgan fingerprint density at radius 1 is 1.17 bits per heavy atom. The van der Waals surface area contributed by atoms with Gasteiger partial charge in [0.1, 0.15) is 0 Å². The molecule has 0 fully saturated rings. The molecule has 0 spiro atoms. The fourth-order valence-corrected chi connectivity index (χ4v) is 3.32. The van der Waals surface area contributed by atoms with Gasteiger partial charge in [0.25, 0.3) is 0 Å². The summed E-state index contributed by atoms with van der Waals surface area (Å²) in [6, 6.07) is 15.4. The van der Waals surface area contributed by atoms with Crippen molar-refractivity contribution in [1.82, 2.24) is 0 Å². The van der Waals surface area contributed by atoms with Crippen molar-refractivity contribution in [3.63, 3.8) is 0 Å². The molecule has 1 aliphatic heterocycles. The fraction of sp³-hybridized carbons (Fsp3) is 0.211. The van der Waals surface area contributed by atoms with Crippen molar-refractivity contribution in [2.45, 2.75) is 19.3 Å². The summed E-state index contributed by atoms with van der Waals surface area (Å²) < 4.78 is 0. The molecule has 0 aromatic heterocycles. The lowest BCUT2D eigenvalue weighted by Gasteiger charge is -2.24. The average molecular weight is 327 g/mol. The number of rotatable bonds is 2. The largest absolute Gasteiger partial charge is 0.347 e. The number of anilines is 2. The maximum atomic E-state index is 12.4. The van der Waals surface area contributed by atoms with Crippen molar-refractivity contribution in [3.8, 4) is 0 Å². The summed E-state index contributed by atoms with van der Waals surface area (Å²) >= 11 is 5.95. The second kappa shape index (κ2) is 5.74. The van der Waals surface area contributed by atoms with Gasteiger partial charge in [0.05, 0.1) is 0 Å². The summed E-state index contributed by atoms with van der Waals surface area (Å²) in [5.41, 5.74) is 3.81. The standard InChI is InChI=1S/C19H19ClN2O/c1-19(2)15-9-4-5-10-16(15)22(3)17(19)12-18(23)21-14-8-6-7-13(20)11-14/h4-12H,1-3H3,(H,21,23). The minimum absolute atomic E-state index is 0.157. The van der Waals surface area contributed by atoms with Crippen LogP contribution in [0.4, 0.5) is 11.4 Å². The Bertz CT molecular complexity index is 795. The molecule has 0 saturated carbocycles. The van der Waals surface area contributed by atoms with Crippen LogP contribution in [-0.2, 0) is 10.2 Å². The lowest BCUT2D eigenvalue weighted by atomic mass is 9.84. The Morgan fingerprint density at radius 3 is 2.61 bits per heavy atom. The van der Waals surface area contributed by atoms with E-state index in [1.54, 1.807) is 18.2 Å². The Balaban J connectivity index is 1.89. The summed E-state index contributed by atoms with van der Waals surface area (Å²) in [5, 5.41) is 3.47. The van der Waals surface area contributed by atoms with Gasteiger partial charge >= 0.3 is 0 Å². The van der Waals surface area contributed by atoms with E-state index in [2.05, 4.69) is 36.2 Å². The zero-order chi connectivity index (χ0) is 16.6. The monoisotopic (exact) mass is 326 g/mol. The Labute approximate surface area is 141 Å². The molecular formula is C19H19ClN2O. The summed E-state index contributed by atoms with van der Waals surface area (Å²) in [6.07, 6.45) is 1.67. The molecule has 0 aliphatic carbocycles. The van der Waals surface area contributed by atoms with Crippen LogP contribution in [0.5, 0.6) is 0 Å². The predicted octanol–water partition coefficient (Wildman–Crippen LogP) is 4.59. The number of hydrogen-bond donors (Lipinski definition) is 1. The lowest BCUT2D eigenvalue weighted by Crippen LogP contribution is -2.25. The number of carbonyl (C=O) groups excluding carboxylic acids is 1. The van der Waals surface area contributed by atoms with Gasteiger partial charge in [-0.2, -0.15) is 0 Å². The van der Waals surface area contributed by atoms with Crippen molar-refractivity contribution in [2.24, 2.45) is 0 Å². The van der Waals surface area contributed by atoms with E-state index < -0.39 is 0 Å². The molecule has 23 heavy (non-hydrogen) atoms. The first-order chi connectivity index (χ1) is 10.9. The van der Waals surface area contributed by atoms with E-state index in [4.69, 9.17) is 11.6 Å². The van der Waals surface area contributed by atoms with Crippen molar-refractivity contribution in [2.75, 3.05) is 17.3 Å². The first-order valence-electron chi connectivity index (χ1n) is 7.51. The third kappa shape index (κ3) is 2.84. The predicted molar refractivity (Wildman–Crippen MR) is 96.0 cm³/mol. The van der Waals surface area contributed by atoms with Crippen molar-refractivity contribution in [3.05, 3.63) is 70.9 Å². The number of amides is 1. The number of benzene rings is 2. The van der Waals surface area contributed by atoms with Crippen LogP contribution >= 0.6 is 11.6 Å². The van der Waals surface area contributed by atoms with Crippen LogP contribution in [0.25, 0.3) is 0 Å². The lowest BCUT2D eigenvalue weighted by molar-refractivity contribution is -0.112.